The van der Waals surface area contributed by atoms with E-state index in [2.05, 4.69) is 40.9 Å². The molecule has 164 valence electrons. The van der Waals surface area contributed by atoms with E-state index in [9.17, 15) is 14.9 Å². The molecule has 0 bridgehead atoms. The molecule has 1 aliphatic heterocycles. The van der Waals surface area contributed by atoms with Gasteiger partial charge in [0.25, 0.3) is 5.91 Å². The maximum Gasteiger partial charge on any atom is 0.251 e. The lowest BCUT2D eigenvalue weighted by Crippen LogP contribution is -2.49. The number of anilines is 1. The Kier molecular flexibility index (Phi) is 5.94. The molecule has 0 saturated heterocycles. The standard InChI is InChI=1S/C23H30N6O2/c1-3-15(4-2)20(19-13-29(28-27-19)23(14-24)11-12-23)26-22(31)17-7-9-18(10-8-17)25-21(30)16-5-6-16/h7-10,15-16,19-20H,3-6,11-13H2,1-2H3,(H,25,30)(H,26,31). The van der Waals surface area contributed by atoms with Crippen molar-refractivity contribution in [1.29, 1.82) is 5.26 Å². The van der Waals surface area contributed by atoms with Crippen molar-refractivity contribution in [3.63, 3.8) is 0 Å². The van der Waals surface area contributed by atoms with Crippen LogP contribution in [-0.2, 0) is 4.79 Å². The molecule has 1 aromatic rings. The number of hydrogen-bond acceptors (Lipinski definition) is 6. The molecule has 0 aromatic heterocycles. The molecule has 2 fully saturated rings. The largest absolute Gasteiger partial charge is 0.347 e. The van der Waals surface area contributed by atoms with Crippen molar-refractivity contribution in [2.75, 3.05) is 11.9 Å². The molecule has 2 N–H and O–H groups in total. The van der Waals surface area contributed by atoms with Crippen molar-refractivity contribution >= 4 is 17.5 Å². The van der Waals surface area contributed by atoms with E-state index >= 15 is 0 Å². The lowest BCUT2D eigenvalue weighted by molar-refractivity contribution is -0.117. The number of benzene rings is 1. The van der Waals surface area contributed by atoms with Crippen LogP contribution in [0.25, 0.3) is 0 Å². The quantitative estimate of drug-likeness (QED) is 0.632. The maximum absolute atomic E-state index is 13.0. The smallest absolute Gasteiger partial charge is 0.251 e. The number of nitrogens with one attached hydrogen (secondary N) is 2. The molecule has 2 unspecified atom stereocenters. The number of hydrogen-bond donors (Lipinski definition) is 2. The third kappa shape index (κ3) is 4.55. The van der Waals surface area contributed by atoms with Gasteiger partial charge in [0.05, 0.1) is 18.7 Å². The Morgan fingerprint density at radius 3 is 2.45 bits per heavy atom. The van der Waals surface area contributed by atoms with Crippen LogP contribution in [0.4, 0.5) is 5.69 Å². The molecule has 0 radical (unpaired) electrons. The molecule has 2 amide bonds. The highest BCUT2D eigenvalue weighted by Crippen LogP contribution is 2.43. The van der Waals surface area contributed by atoms with Gasteiger partial charge in [0, 0.05) is 17.2 Å². The summed E-state index contributed by atoms with van der Waals surface area (Å²) in [5, 5.41) is 26.1. The minimum atomic E-state index is -0.499. The van der Waals surface area contributed by atoms with Gasteiger partial charge in [-0.1, -0.05) is 31.9 Å². The van der Waals surface area contributed by atoms with Gasteiger partial charge in [-0.05, 0) is 55.9 Å². The summed E-state index contributed by atoms with van der Waals surface area (Å²) in [6.07, 6.45) is 5.39. The first kappa shape index (κ1) is 21.3. The minimum Gasteiger partial charge on any atom is -0.347 e. The van der Waals surface area contributed by atoms with Crippen LogP contribution in [0.5, 0.6) is 0 Å². The van der Waals surface area contributed by atoms with Gasteiger partial charge in [-0.15, -0.1) is 0 Å². The number of rotatable bonds is 9. The van der Waals surface area contributed by atoms with Gasteiger partial charge in [0.2, 0.25) is 5.91 Å². The summed E-state index contributed by atoms with van der Waals surface area (Å²) >= 11 is 0. The SMILES string of the molecule is CCC(CC)C(NC(=O)c1ccc(NC(=O)C2CC2)cc1)C1CN(C2(C#N)CC2)N=N1. The Labute approximate surface area is 183 Å². The molecule has 4 rings (SSSR count). The van der Waals surface area contributed by atoms with Crippen LogP contribution < -0.4 is 10.6 Å². The first-order valence-corrected chi connectivity index (χ1v) is 11.3. The van der Waals surface area contributed by atoms with Gasteiger partial charge in [-0.2, -0.15) is 10.4 Å². The third-order valence-electron chi connectivity index (χ3n) is 6.73. The van der Waals surface area contributed by atoms with Gasteiger partial charge in [0.1, 0.15) is 11.6 Å². The van der Waals surface area contributed by atoms with Crippen LogP contribution in [0, 0.1) is 23.2 Å². The Morgan fingerprint density at radius 1 is 1.23 bits per heavy atom. The fourth-order valence-corrected chi connectivity index (χ4v) is 4.22. The summed E-state index contributed by atoms with van der Waals surface area (Å²) in [5.41, 5.74) is 0.751. The fourth-order valence-electron chi connectivity index (χ4n) is 4.22. The van der Waals surface area contributed by atoms with Crippen molar-refractivity contribution in [2.24, 2.45) is 22.2 Å². The predicted molar refractivity (Wildman–Crippen MR) is 116 cm³/mol. The van der Waals surface area contributed by atoms with Crippen LogP contribution >= 0.6 is 0 Å². The number of carbonyl (C=O) groups is 2. The average Bonchev–Trinajstić information content (AvgIpc) is 3.72. The molecule has 31 heavy (non-hydrogen) atoms. The van der Waals surface area contributed by atoms with E-state index in [1.54, 1.807) is 29.3 Å². The van der Waals surface area contributed by atoms with Crippen LogP contribution in [0.2, 0.25) is 0 Å². The minimum absolute atomic E-state index is 0.0490. The van der Waals surface area contributed by atoms with E-state index in [4.69, 9.17) is 0 Å². The van der Waals surface area contributed by atoms with Gasteiger partial charge < -0.3 is 10.6 Å². The second kappa shape index (κ2) is 8.66. The molecule has 2 aliphatic carbocycles. The van der Waals surface area contributed by atoms with E-state index < -0.39 is 5.54 Å². The van der Waals surface area contributed by atoms with Crippen molar-refractivity contribution in [3.05, 3.63) is 29.8 Å². The normalized spacial score (nSPS) is 22.1. The molecule has 1 aromatic carbocycles. The molecular weight excluding hydrogens is 392 g/mol. The van der Waals surface area contributed by atoms with Crippen molar-refractivity contribution in [3.8, 4) is 6.07 Å². The molecule has 0 spiro atoms. The first-order chi connectivity index (χ1) is 15.0. The molecule has 2 saturated carbocycles. The average molecular weight is 423 g/mol. The highest BCUT2D eigenvalue weighted by molar-refractivity contribution is 5.97. The second-order valence-electron chi connectivity index (χ2n) is 8.91. The summed E-state index contributed by atoms with van der Waals surface area (Å²) < 4.78 is 0. The number of amides is 2. The van der Waals surface area contributed by atoms with E-state index in [1.165, 1.54) is 0 Å². The zero-order valence-electron chi connectivity index (χ0n) is 18.2. The second-order valence-corrected chi connectivity index (χ2v) is 8.91. The molecule has 3 aliphatic rings. The monoisotopic (exact) mass is 422 g/mol. The predicted octanol–water partition coefficient (Wildman–Crippen LogP) is 3.68. The molecule has 1 heterocycles. The molecule has 8 nitrogen and oxygen atoms in total. The Morgan fingerprint density at radius 2 is 1.90 bits per heavy atom. The van der Waals surface area contributed by atoms with Gasteiger partial charge >= 0.3 is 0 Å². The Balaban J connectivity index is 1.42. The van der Waals surface area contributed by atoms with Gasteiger partial charge in [-0.25, -0.2) is 0 Å². The third-order valence-corrected chi connectivity index (χ3v) is 6.73. The summed E-state index contributed by atoms with van der Waals surface area (Å²) in [5.74, 6) is 0.293. The van der Waals surface area contributed by atoms with Crippen LogP contribution in [0.15, 0.2) is 34.6 Å². The van der Waals surface area contributed by atoms with Crippen molar-refractivity contribution < 1.29 is 9.59 Å². The van der Waals surface area contributed by atoms with Crippen LogP contribution in [0.3, 0.4) is 0 Å². The zero-order valence-corrected chi connectivity index (χ0v) is 18.2. The van der Waals surface area contributed by atoms with Crippen molar-refractivity contribution in [1.82, 2.24) is 10.3 Å². The van der Waals surface area contributed by atoms with Crippen molar-refractivity contribution in [2.45, 2.75) is 70.0 Å². The van der Waals surface area contributed by atoms with E-state index in [-0.39, 0.29) is 35.7 Å². The molecule has 2 atom stereocenters. The number of nitrogens with zero attached hydrogens (tertiary/aromatic N) is 4. The van der Waals surface area contributed by atoms with E-state index in [1.807, 2.05) is 0 Å². The first-order valence-electron chi connectivity index (χ1n) is 11.3. The van der Waals surface area contributed by atoms with E-state index in [0.29, 0.717) is 17.8 Å². The summed E-state index contributed by atoms with van der Waals surface area (Å²) in [6, 6.07) is 9.04. The lowest BCUT2D eigenvalue weighted by Gasteiger charge is -2.30. The number of nitriles is 1. The van der Waals surface area contributed by atoms with Crippen LogP contribution in [-0.4, -0.2) is 41.0 Å². The summed E-state index contributed by atoms with van der Waals surface area (Å²) in [4.78, 5) is 24.9. The van der Waals surface area contributed by atoms with Crippen LogP contribution in [0.1, 0.15) is 62.7 Å². The molecular formula is C23H30N6O2. The van der Waals surface area contributed by atoms with Gasteiger partial charge in [-0.3, -0.25) is 14.6 Å². The number of carbonyl (C=O) groups excluding carboxylic acids is 2. The van der Waals surface area contributed by atoms with E-state index in [0.717, 1.165) is 38.5 Å². The maximum atomic E-state index is 13.0. The fraction of sp³-hybridized carbons (Fsp3) is 0.609. The lowest BCUT2D eigenvalue weighted by atomic mass is 9.88. The highest BCUT2D eigenvalue weighted by atomic mass is 16.2. The highest BCUT2D eigenvalue weighted by Gasteiger charge is 2.52. The molecule has 8 heteroatoms. The summed E-state index contributed by atoms with van der Waals surface area (Å²) in [7, 11) is 0. The topological polar surface area (TPSA) is 110 Å². The summed E-state index contributed by atoms with van der Waals surface area (Å²) in [6.45, 7) is 4.79. The Bertz CT molecular complexity index is 894. The Hall–Kier alpha value is -2.95. The zero-order chi connectivity index (χ0) is 22.0. The van der Waals surface area contributed by atoms with Gasteiger partial charge in [0.15, 0.2) is 0 Å².